The summed E-state index contributed by atoms with van der Waals surface area (Å²) in [7, 11) is 0. The molecule has 0 spiro atoms. The Morgan fingerprint density at radius 1 is 0.800 bits per heavy atom. The summed E-state index contributed by atoms with van der Waals surface area (Å²) >= 11 is 0. The maximum Gasteiger partial charge on any atom is 0.276 e. The topological polar surface area (TPSA) is 199 Å². The van der Waals surface area contributed by atoms with Crippen LogP contribution in [0.15, 0.2) is 66.7 Å². The van der Waals surface area contributed by atoms with Crippen LogP contribution in [0.5, 0.6) is 0 Å². The third kappa shape index (κ3) is 6.80. The number of nitrogens with two attached hydrogens (primary N) is 2. The first kappa shape index (κ1) is 35.3. The number of benzene rings is 3. The fourth-order valence-corrected chi connectivity index (χ4v) is 7.54. The molecule has 8 rings (SSSR count). The van der Waals surface area contributed by atoms with Crippen molar-refractivity contribution in [2.24, 2.45) is 11.5 Å². The zero-order valence-electron chi connectivity index (χ0n) is 31.0. The van der Waals surface area contributed by atoms with E-state index in [4.69, 9.17) is 26.5 Å². The van der Waals surface area contributed by atoms with Crippen molar-refractivity contribution >= 4 is 51.7 Å². The van der Waals surface area contributed by atoms with Crippen molar-refractivity contribution in [2.45, 2.75) is 72.8 Å². The highest BCUT2D eigenvalue weighted by Crippen LogP contribution is 2.27. The van der Waals surface area contributed by atoms with Gasteiger partial charge >= 0.3 is 0 Å². The zero-order valence-corrected chi connectivity index (χ0v) is 31.0. The Kier molecular flexibility index (Phi) is 9.12. The molecule has 15 heteroatoms. The molecule has 4 aromatic heterocycles. The number of hydrogen-bond acceptors (Lipinski definition) is 8. The van der Waals surface area contributed by atoms with Crippen LogP contribution in [-0.4, -0.2) is 56.4 Å². The van der Waals surface area contributed by atoms with Crippen LogP contribution in [0.3, 0.4) is 0 Å². The molecule has 3 amide bonds. The summed E-state index contributed by atoms with van der Waals surface area (Å²) in [6, 6.07) is 20.5. The van der Waals surface area contributed by atoms with Gasteiger partial charge in [0.2, 0.25) is 23.7 Å². The van der Waals surface area contributed by atoms with Gasteiger partial charge in [0.1, 0.15) is 5.69 Å². The minimum Gasteiger partial charge on any atom is -0.366 e. The van der Waals surface area contributed by atoms with Crippen molar-refractivity contribution in [3.05, 3.63) is 117 Å². The average molecular weight is 739 g/mol. The van der Waals surface area contributed by atoms with Crippen LogP contribution in [0.25, 0.3) is 22.1 Å². The molecule has 2 bridgehead atoms. The molecule has 0 radical (unpaired) electrons. The van der Waals surface area contributed by atoms with Crippen LogP contribution in [0.2, 0.25) is 0 Å². The summed E-state index contributed by atoms with van der Waals surface area (Å²) in [6.45, 7) is 8.69. The largest absolute Gasteiger partial charge is 0.366 e. The molecule has 0 fully saturated rings. The number of aryl methyl sites for hydroxylation is 5. The van der Waals surface area contributed by atoms with Crippen molar-refractivity contribution in [2.75, 3.05) is 10.6 Å². The molecule has 0 unspecified atom stereocenters. The number of primary amides is 2. The van der Waals surface area contributed by atoms with Gasteiger partial charge in [0.05, 0.1) is 52.2 Å². The second-order valence-corrected chi connectivity index (χ2v) is 14.0. The van der Waals surface area contributed by atoms with Gasteiger partial charge in [0.15, 0.2) is 0 Å². The van der Waals surface area contributed by atoms with Gasteiger partial charge in [-0.2, -0.15) is 10.2 Å². The summed E-state index contributed by atoms with van der Waals surface area (Å²) in [6.07, 6.45) is 2.11. The van der Waals surface area contributed by atoms with Crippen molar-refractivity contribution in [3.8, 4) is 0 Å². The van der Waals surface area contributed by atoms with E-state index in [1.54, 1.807) is 41.1 Å². The summed E-state index contributed by atoms with van der Waals surface area (Å²) in [5, 5.41) is 16.2. The van der Waals surface area contributed by atoms with Crippen LogP contribution in [0.4, 0.5) is 11.9 Å². The number of carbonyl (C=O) groups is 3. The predicted octanol–water partition coefficient (Wildman–Crippen LogP) is 4.91. The monoisotopic (exact) mass is 738 g/mol. The molecule has 5 heterocycles. The van der Waals surface area contributed by atoms with Crippen LogP contribution in [0, 0.1) is 13.8 Å². The number of hydrogen-bond donors (Lipinski definition) is 4. The second-order valence-electron chi connectivity index (χ2n) is 14.0. The smallest absolute Gasteiger partial charge is 0.276 e. The molecule has 0 atom stereocenters. The molecule has 1 aliphatic heterocycles. The lowest BCUT2D eigenvalue weighted by Crippen LogP contribution is -2.20. The molecule has 3 aromatic carbocycles. The van der Waals surface area contributed by atoms with Crippen LogP contribution < -0.4 is 22.1 Å². The maximum atomic E-state index is 14.0. The minimum absolute atomic E-state index is 0.329. The molecule has 1 aliphatic rings. The highest BCUT2D eigenvalue weighted by atomic mass is 16.2. The Labute approximate surface area is 316 Å². The molecule has 55 heavy (non-hydrogen) atoms. The Morgan fingerprint density at radius 2 is 1.44 bits per heavy atom. The second kappa shape index (κ2) is 14.2. The molecule has 0 aliphatic carbocycles. The summed E-state index contributed by atoms with van der Waals surface area (Å²) in [5.74, 6) is -0.401. The quantitative estimate of drug-likeness (QED) is 0.196. The van der Waals surface area contributed by atoms with E-state index in [0.717, 1.165) is 45.5 Å². The van der Waals surface area contributed by atoms with Crippen molar-refractivity contribution in [1.29, 1.82) is 0 Å². The van der Waals surface area contributed by atoms with Gasteiger partial charge in [0.25, 0.3) is 5.91 Å². The van der Waals surface area contributed by atoms with Gasteiger partial charge in [0, 0.05) is 42.7 Å². The number of imidazole rings is 2. The number of anilines is 2. The zero-order chi connectivity index (χ0) is 38.4. The predicted molar refractivity (Wildman–Crippen MR) is 209 cm³/mol. The SMILES string of the molecule is CCn1nc(C)c2c1CNc1nc3cc(C(N)=O)ccc3n1CCCCn1c(nc3cc(C(N)=O)ccc31)NC(=O)c1cc(C)nn1Cc1cccc(c1)C2. The fraction of sp³-hybridized carbons (Fsp3) is 0.275. The summed E-state index contributed by atoms with van der Waals surface area (Å²) in [4.78, 5) is 47.8. The Morgan fingerprint density at radius 3 is 2.09 bits per heavy atom. The number of nitrogens with one attached hydrogen (secondary N) is 2. The first-order valence-corrected chi connectivity index (χ1v) is 18.4. The van der Waals surface area contributed by atoms with E-state index in [0.29, 0.717) is 91.0 Å². The van der Waals surface area contributed by atoms with Gasteiger partial charge in [-0.05, 0) is 87.2 Å². The molecule has 280 valence electrons. The Hall–Kier alpha value is -6.77. The lowest BCUT2D eigenvalue weighted by Gasteiger charge is -2.14. The van der Waals surface area contributed by atoms with E-state index in [2.05, 4.69) is 39.4 Å². The number of rotatable bonds is 3. The highest BCUT2D eigenvalue weighted by Gasteiger charge is 2.22. The normalized spacial score (nSPS) is 13.9. The number of nitrogens with zero attached hydrogens (tertiary/aromatic N) is 8. The van der Waals surface area contributed by atoms with Crippen LogP contribution in [-0.2, 0) is 39.1 Å². The molecule has 0 saturated heterocycles. The average Bonchev–Trinajstić information content (AvgIpc) is 3.89. The fourth-order valence-electron chi connectivity index (χ4n) is 7.54. The summed E-state index contributed by atoms with van der Waals surface area (Å²) < 4.78 is 7.84. The molecule has 6 N–H and O–H groups in total. The third-order valence-corrected chi connectivity index (χ3v) is 10.2. The third-order valence-electron chi connectivity index (χ3n) is 10.2. The van der Waals surface area contributed by atoms with Crippen molar-refractivity contribution < 1.29 is 14.4 Å². The number of carbonyl (C=O) groups excluding carboxylic acids is 3. The van der Waals surface area contributed by atoms with E-state index in [1.165, 1.54) is 0 Å². The van der Waals surface area contributed by atoms with Crippen molar-refractivity contribution in [3.63, 3.8) is 0 Å². The molecule has 0 saturated carbocycles. The van der Waals surface area contributed by atoms with Crippen LogP contribution in [0.1, 0.15) is 84.7 Å². The summed E-state index contributed by atoms with van der Waals surface area (Å²) in [5.41, 5.74) is 21.2. The number of amides is 3. The van der Waals surface area contributed by atoms with Gasteiger partial charge in [-0.15, -0.1) is 0 Å². The Bertz CT molecular complexity index is 2640. The van der Waals surface area contributed by atoms with E-state index in [9.17, 15) is 14.4 Å². The lowest BCUT2D eigenvalue weighted by molar-refractivity contribution is 0.0992. The maximum absolute atomic E-state index is 14.0. The first-order chi connectivity index (χ1) is 26.6. The Balaban J connectivity index is 1.22. The molecule has 15 nitrogen and oxygen atoms in total. The van der Waals surface area contributed by atoms with E-state index >= 15 is 0 Å². The van der Waals surface area contributed by atoms with Gasteiger partial charge in [-0.1, -0.05) is 24.3 Å². The molecule has 7 aromatic rings. The van der Waals surface area contributed by atoms with E-state index in [-0.39, 0.29) is 5.91 Å². The first-order valence-electron chi connectivity index (χ1n) is 18.4. The van der Waals surface area contributed by atoms with Gasteiger partial charge in [-0.3, -0.25) is 29.1 Å². The van der Waals surface area contributed by atoms with Crippen LogP contribution >= 0.6 is 0 Å². The van der Waals surface area contributed by atoms with Gasteiger partial charge < -0.3 is 25.9 Å². The minimum atomic E-state index is -0.560. The molecular formula is C40H42N12O3. The standard InChI is InChI=1S/C40H42N12O3/c1-4-51-35-21-43-39-44-30-19-27(36(41)53)10-12-32(30)49(39)14-5-6-15-50-33-13-11-28(37(42)54)20-31(33)45-40(50)46-38(55)34-16-23(2)47-52(34)22-26-9-7-8-25(17-26)18-29(35)24(3)48-51/h7-13,16-17,19-20H,4-6,14-15,18,21-22H2,1-3H3,(H2,41,53)(H2,42,54)(H,43,44)(H,45,46,55). The highest BCUT2D eigenvalue weighted by molar-refractivity contribution is 6.03. The van der Waals surface area contributed by atoms with Gasteiger partial charge in [-0.25, -0.2) is 9.97 Å². The van der Waals surface area contributed by atoms with E-state index < -0.39 is 11.8 Å². The van der Waals surface area contributed by atoms with Crippen molar-refractivity contribution in [1.82, 2.24) is 38.7 Å². The van der Waals surface area contributed by atoms with E-state index in [1.807, 2.05) is 41.3 Å². The lowest BCUT2D eigenvalue weighted by atomic mass is 10.0. The molecular weight excluding hydrogens is 697 g/mol. The number of fused-ring (bicyclic) bond motifs is 10. The number of aromatic nitrogens is 8.